The van der Waals surface area contributed by atoms with Crippen LogP contribution in [0, 0.1) is 0 Å². The first-order valence-corrected chi connectivity index (χ1v) is 4.87. The van der Waals surface area contributed by atoms with Crippen molar-refractivity contribution < 1.29 is 19.1 Å². The molecule has 0 unspecified atom stereocenters. The van der Waals surface area contributed by atoms with Crippen LogP contribution < -0.4 is 5.32 Å². The molecule has 1 aromatic carbocycles. The Balaban J connectivity index is 2.94. The van der Waals surface area contributed by atoms with Gasteiger partial charge < -0.3 is 9.47 Å². The van der Waals surface area contributed by atoms with Crippen LogP contribution in [-0.4, -0.2) is 26.3 Å². The molecule has 0 atom stereocenters. The molecule has 0 spiro atoms. The average molecular weight is 235 g/mol. The monoisotopic (exact) mass is 235 g/mol. The van der Waals surface area contributed by atoms with E-state index in [4.69, 9.17) is 0 Å². The first-order chi connectivity index (χ1) is 8.17. The fourth-order valence-electron chi connectivity index (χ4n) is 1.13. The normalized spacial score (nSPS) is 10.6. The van der Waals surface area contributed by atoms with Crippen molar-refractivity contribution in [3.05, 3.63) is 41.6 Å². The molecule has 5 heteroatoms. The number of carbonyl (C=O) groups excluding carboxylic acids is 2. The van der Waals surface area contributed by atoms with Crippen LogP contribution in [0.2, 0.25) is 0 Å². The third kappa shape index (κ3) is 3.98. The van der Waals surface area contributed by atoms with Crippen molar-refractivity contribution in [3.63, 3.8) is 0 Å². The number of rotatable bonds is 3. The number of hydrogen-bond acceptors (Lipinski definition) is 4. The number of amides is 1. The van der Waals surface area contributed by atoms with Gasteiger partial charge in [-0.25, -0.2) is 9.59 Å². The second-order valence-electron chi connectivity index (χ2n) is 3.08. The molecule has 17 heavy (non-hydrogen) atoms. The molecule has 0 saturated heterocycles. The molecular weight excluding hydrogens is 222 g/mol. The Morgan fingerprint density at radius 2 is 1.76 bits per heavy atom. The van der Waals surface area contributed by atoms with Crippen molar-refractivity contribution in [3.8, 4) is 0 Å². The summed E-state index contributed by atoms with van der Waals surface area (Å²) in [6.45, 7) is 0. The van der Waals surface area contributed by atoms with E-state index in [9.17, 15) is 9.59 Å². The van der Waals surface area contributed by atoms with Crippen LogP contribution >= 0.6 is 0 Å². The fourth-order valence-corrected chi connectivity index (χ4v) is 1.13. The van der Waals surface area contributed by atoms with Crippen LogP contribution in [0.15, 0.2) is 36.0 Å². The van der Waals surface area contributed by atoms with E-state index < -0.39 is 12.1 Å². The first-order valence-electron chi connectivity index (χ1n) is 4.87. The van der Waals surface area contributed by atoms with Crippen LogP contribution in [0.25, 0.3) is 6.08 Å². The van der Waals surface area contributed by atoms with Crippen LogP contribution in [0.5, 0.6) is 0 Å². The fraction of sp³-hybridized carbons (Fsp3) is 0.167. The lowest BCUT2D eigenvalue weighted by atomic mass is 10.2. The highest BCUT2D eigenvalue weighted by Crippen LogP contribution is 2.06. The molecule has 0 aliphatic heterocycles. The van der Waals surface area contributed by atoms with Gasteiger partial charge >= 0.3 is 12.1 Å². The predicted molar refractivity (Wildman–Crippen MR) is 62.0 cm³/mol. The summed E-state index contributed by atoms with van der Waals surface area (Å²) >= 11 is 0. The highest BCUT2D eigenvalue weighted by Gasteiger charge is 2.13. The number of hydrogen-bond donors (Lipinski definition) is 1. The van der Waals surface area contributed by atoms with Gasteiger partial charge in [0.1, 0.15) is 5.70 Å². The van der Waals surface area contributed by atoms with E-state index in [0.29, 0.717) is 0 Å². The molecule has 0 bridgehead atoms. The summed E-state index contributed by atoms with van der Waals surface area (Å²) in [5.74, 6) is -0.640. The van der Waals surface area contributed by atoms with E-state index in [1.807, 2.05) is 18.2 Å². The van der Waals surface area contributed by atoms with Crippen molar-refractivity contribution >= 4 is 18.1 Å². The first kappa shape index (κ1) is 12.8. The molecule has 0 radical (unpaired) electrons. The van der Waals surface area contributed by atoms with Crippen LogP contribution in [0.4, 0.5) is 4.79 Å². The van der Waals surface area contributed by atoms with Crippen molar-refractivity contribution in [2.24, 2.45) is 0 Å². The maximum atomic E-state index is 11.4. The lowest BCUT2D eigenvalue weighted by Gasteiger charge is -2.06. The number of esters is 1. The molecule has 0 heterocycles. The second-order valence-corrected chi connectivity index (χ2v) is 3.08. The standard InChI is InChI=1S/C12H13NO4/c1-16-11(14)10(13-12(15)17-2)8-9-6-4-3-5-7-9/h3-8H,1-2H3,(H,13,15). The molecule has 1 aromatic rings. The quantitative estimate of drug-likeness (QED) is 0.637. The summed E-state index contributed by atoms with van der Waals surface area (Å²) in [6, 6.07) is 9.07. The smallest absolute Gasteiger partial charge is 0.411 e. The Hall–Kier alpha value is -2.30. The van der Waals surface area contributed by atoms with Gasteiger partial charge in [0, 0.05) is 0 Å². The van der Waals surface area contributed by atoms with Crippen molar-refractivity contribution in [1.29, 1.82) is 0 Å². The highest BCUT2D eigenvalue weighted by atomic mass is 16.5. The Morgan fingerprint density at radius 3 is 2.29 bits per heavy atom. The average Bonchev–Trinajstić information content (AvgIpc) is 2.38. The molecule has 90 valence electrons. The minimum absolute atomic E-state index is 0.0190. The maximum Gasteiger partial charge on any atom is 0.411 e. The summed E-state index contributed by atoms with van der Waals surface area (Å²) in [6.07, 6.45) is 0.778. The summed E-state index contributed by atoms with van der Waals surface area (Å²) in [5.41, 5.74) is 0.787. The van der Waals surface area contributed by atoms with E-state index >= 15 is 0 Å². The minimum Gasteiger partial charge on any atom is -0.464 e. The maximum absolute atomic E-state index is 11.4. The van der Waals surface area contributed by atoms with Gasteiger partial charge in [-0.05, 0) is 11.6 Å². The number of benzene rings is 1. The summed E-state index contributed by atoms with van der Waals surface area (Å²) in [5, 5.41) is 2.29. The lowest BCUT2D eigenvalue weighted by Crippen LogP contribution is -2.27. The van der Waals surface area contributed by atoms with Crippen LogP contribution in [-0.2, 0) is 14.3 Å². The molecule has 0 aliphatic rings. The Kier molecular flexibility index (Phi) is 4.75. The highest BCUT2D eigenvalue weighted by molar-refractivity contribution is 5.96. The van der Waals surface area contributed by atoms with Gasteiger partial charge in [-0.1, -0.05) is 30.3 Å². The van der Waals surface area contributed by atoms with E-state index in [-0.39, 0.29) is 5.70 Å². The Labute approximate surface area is 99.0 Å². The van der Waals surface area contributed by atoms with Gasteiger partial charge in [-0.2, -0.15) is 0 Å². The second kappa shape index (κ2) is 6.32. The van der Waals surface area contributed by atoms with Crippen molar-refractivity contribution in [1.82, 2.24) is 5.32 Å². The predicted octanol–water partition coefficient (Wildman–Crippen LogP) is 1.56. The number of carbonyl (C=O) groups is 2. The zero-order valence-electron chi connectivity index (χ0n) is 9.60. The van der Waals surface area contributed by atoms with Crippen molar-refractivity contribution in [2.45, 2.75) is 0 Å². The number of alkyl carbamates (subject to hydrolysis) is 1. The van der Waals surface area contributed by atoms with Crippen molar-refractivity contribution in [2.75, 3.05) is 14.2 Å². The molecule has 0 fully saturated rings. The molecule has 0 aromatic heterocycles. The number of methoxy groups -OCH3 is 2. The summed E-state index contributed by atoms with van der Waals surface area (Å²) in [4.78, 5) is 22.5. The summed E-state index contributed by atoms with van der Waals surface area (Å²) < 4.78 is 8.97. The molecule has 1 rings (SSSR count). The van der Waals surface area contributed by atoms with Gasteiger partial charge in [0.25, 0.3) is 0 Å². The molecule has 1 N–H and O–H groups in total. The molecule has 0 aliphatic carbocycles. The topological polar surface area (TPSA) is 64.6 Å². The summed E-state index contributed by atoms with van der Waals surface area (Å²) in [7, 11) is 2.45. The Morgan fingerprint density at radius 1 is 1.12 bits per heavy atom. The molecular formula is C12H13NO4. The Bertz CT molecular complexity index is 425. The van der Waals surface area contributed by atoms with E-state index in [2.05, 4.69) is 14.8 Å². The zero-order valence-corrected chi connectivity index (χ0v) is 9.60. The third-order valence-corrected chi connectivity index (χ3v) is 1.94. The molecule has 0 saturated carbocycles. The lowest BCUT2D eigenvalue weighted by molar-refractivity contribution is -0.136. The van der Waals surface area contributed by atoms with Gasteiger partial charge in [-0.15, -0.1) is 0 Å². The van der Waals surface area contributed by atoms with E-state index in [1.165, 1.54) is 20.3 Å². The SMILES string of the molecule is COC(=O)NC(=Cc1ccccc1)C(=O)OC. The van der Waals surface area contributed by atoms with Crippen LogP contribution in [0.3, 0.4) is 0 Å². The number of ether oxygens (including phenoxy) is 2. The molecule has 5 nitrogen and oxygen atoms in total. The zero-order chi connectivity index (χ0) is 12.7. The van der Waals surface area contributed by atoms with Gasteiger partial charge in [-0.3, -0.25) is 5.32 Å². The van der Waals surface area contributed by atoms with Gasteiger partial charge in [0.05, 0.1) is 14.2 Å². The number of nitrogens with one attached hydrogen (secondary N) is 1. The third-order valence-electron chi connectivity index (χ3n) is 1.94. The molecule has 1 amide bonds. The van der Waals surface area contributed by atoms with E-state index in [1.54, 1.807) is 12.1 Å². The van der Waals surface area contributed by atoms with E-state index in [0.717, 1.165) is 5.56 Å². The van der Waals surface area contributed by atoms with Gasteiger partial charge in [0.15, 0.2) is 0 Å². The van der Waals surface area contributed by atoms with Gasteiger partial charge in [0.2, 0.25) is 0 Å². The van der Waals surface area contributed by atoms with Crippen LogP contribution in [0.1, 0.15) is 5.56 Å². The largest absolute Gasteiger partial charge is 0.464 e. The minimum atomic E-state index is -0.724.